The summed E-state index contributed by atoms with van der Waals surface area (Å²) in [5.41, 5.74) is 1.95. The average molecular weight is 355 g/mol. The van der Waals surface area contributed by atoms with Crippen molar-refractivity contribution in [3.05, 3.63) is 15.9 Å². The molecule has 0 radical (unpaired) electrons. The van der Waals surface area contributed by atoms with E-state index in [0.29, 0.717) is 17.0 Å². The van der Waals surface area contributed by atoms with Gasteiger partial charge in [-0.15, -0.1) is 0 Å². The van der Waals surface area contributed by atoms with Crippen LogP contribution in [0.1, 0.15) is 55.2 Å². The zero-order chi connectivity index (χ0) is 15.0. The number of halogens is 1. The van der Waals surface area contributed by atoms with Gasteiger partial charge in [0.05, 0.1) is 10.2 Å². The van der Waals surface area contributed by atoms with Gasteiger partial charge in [-0.05, 0) is 53.1 Å². The Morgan fingerprint density at radius 3 is 2.57 bits per heavy atom. The van der Waals surface area contributed by atoms with Gasteiger partial charge in [0, 0.05) is 19.6 Å². The third-order valence-electron chi connectivity index (χ3n) is 4.96. The number of carbonyl (C=O) groups is 1. The first-order valence-electron chi connectivity index (χ1n) is 7.76. The van der Waals surface area contributed by atoms with Crippen LogP contribution < -0.4 is 5.32 Å². The zero-order valence-corrected chi connectivity index (χ0v) is 14.3. The van der Waals surface area contributed by atoms with Crippen LogP contribution >= 0.6 is 15.9 Å². The van der Waals surface area contributed by atoms with Crippen LogP contribution in [0.5, 0.6) is 0 Å². The minimum Gasteiger partial charge on any atom is -0.337 e. The molecular weight excluding hydrogens is 332 g/mol. The number of H-pyrrole nitrogens is 1. The Bertz CT molecular complexity index is 524. The molecule has 3 heterocycles. The van der Waals surface area contributed by atoms with Crippen molar-refractivity contribution < 1.29 is 4.79 Å². The second kappa shape index (κ2) is 5.72. The topological polar surface area (TPSA) is 61.0 Å². The maximum atomic E-state index is 12.7. The van der Waals surface area contributed by atoms with E-state index in [1.807, 2.05) is 4.90 Å². The lowest BCUT2D eigenvalue weighted by molar-refractivity contribution is 0.0601. The number of nitrogens with zero attached hydrogens (tertiary/aromatic N) is 2. The molecule has 1 aromatic heterocycles. The molecule has 0 aliphatic carbocycles. The van der Waals surface area contributed by atoms with Gasteiger partial charge in [-0.2, -0.15) is 5.10 Å². The molecule has 0 bridgehead atoms. The zero-order valence-electron chi connectivity index (χ0n) is 12.7. The standard InChI is InChI=1S/C15H23BrN4O/c1-10(2)12-11(16)13(19-18-12)14(21)20-7-4-15(5-8-20)3-6-17-9-15/h10,17H,3-9H2,1-2H3,(H,18,19). The van der Waals surface area contributed by atoms with Gasteiger partial charge in [0.25, 0.3) is 5.91 Å². The Hall–Kier alpha value is -0.880. The van der Waals surface area contributed by atoms with Gasteiger partial charge < -0.3 is 10.2 Å². The van der Waals surface area contributed by atoms with Crippen molar-refractivity contribution in [2.45, 2.75) is 39.0 Å². The molecule has 0 aromatic carbocycles. The molecule has 6 heteroatoms. The van der Waals surface area contributed by atoms with Gasteiger partial charge in [0.1, 0.15) is 0 Å². The second-order valence-electron chi connectivity index (χ2n) is 6.67. The molecule has 2 aliphatic heterocycles. The summed E-state index contributed by atoms with van der Waals surface area (Å²) < 4.78 is 0.824. The Kier molecular flexibility index (Phi) is 4.10. The first kappa shape index (κ1) is 15.0. The van der Waals surface area contributed by atoms with Crippen LogP contribution in [0.2, 0.25) is 0 Å². The number of hydrogen-bond donors (Lipinski definition) is 2. The molecule has 1 spiro atoms. The highest BCUT2D eigenvalue weighted by molar-refractivity contribution is 9.10. The number of aromatic nitrogens is 2. The molecule has 2 aliphatic rings. The third kappa shape index (κ3) is 2.75. The molecule has 2 saturated heterocycles. The van der Waals surface area contributed by atoms with Crippen molar-refractivity contribution in [3.63, 3.8) is 0 Å². The van der Waals surface area contributed by atoms with Gasteiger partial charge in [-0.25, -0.2) is 0 Å². The lowest BCUT2D eigenvalue weighted by Crippen LogP contribution is -2.44. The van der Waals surface area contributed by atoms with Crippen LogP contribution in [-0.4, -0.2) is 47.2 Å². The van der Waals surface area contributed by atoms with Crippen molar-refractivity contribution in [2.75, 3.05) is 26.2 Å². The normalized spacial score (nSPS) is 21.4. The van der Waals surface area contributed by atoms with E-state index in [2.05, 4.69) is 45.3 Å². The highest BCUT2D eigenvalue weighted by Crippen LogP contribution is 2.37. The molecule has 0 unspecified atom stereocenters. The fraction of sp³-hybridized carbons (Fsp3) is 0.733. The molecule has 116 valence electrons. The number of aromatic amines is 1. The van der Waals surface area contributed by atoms with E-state index < -0.39 is 0 Å². The molecule has 21 heavy (non-hydrogen) atoms. The van der Waals surface area contributed by atoms with E-state index in [1.165, 1.54) is 6.42 Å². The summed E-state index contributed by atoms with van der Waals surface area (Å²) in [7, 11) is 0. The highest BCUT2D eigenvalue weighted by atomic mass is 79.9. The highest BCUT2D eigenvalue weighted by Gasteiger charge is 2.38. The van der Waals surface area contributed by atoms with Crippen LogP contribution in [0.4, 0.5) is 0 Å². The molecule has 2 N–H and O–H groups in total. The maximum absolute atomic E-state index is 12.7. The van der Waals surface area contributed by atoms with Crippen LogP contribution in [0.3, 0.4) is 0 Å². The van der Waals surface area contributed by atoms with Crippen LogP contribution in [0.25, 0.3) is 0 Å². The lowest BCUT2D eigenvalue weighted by Gasteiger charge is -2.38. The molecule has 3 rings (SSSR count). The summed E-state index contributed by atoms with van der Waals surface area (Å²) in [6, 6.07) is 0. The molecule has 2 fully saturated rings. The van der Waals surface area contributed by atoms with Gasteiger partial charge in [0.2, 0.25) is 0 Å². The number of carbonyl (C=O) groups excluding carboxylic acids is 1. The summed E-state index contributed by atoms with van der Waals surface area (Å²) in [6.45, 7) is 8.09. The number of rotatable bonds is 2. The number of likely N-dealkylation sites (tertiary alicyclic amines) is 1. The second-order valence-corrected chi connectivity index (χ2v) is 7.47. The van der Waals surface area contributed by atoms with Crippen LogP contribution in [0, 0.1) is 5.41 Å². The first-order valence-corrected chi connectivity index (χ1v) is 8.55. The van der Waals surface area contributed by atoms with Crippen molar-refractivity contribution in [1.82, 2.24) is 20.4 Å². The summed E-state index contributed by atoms with van der Waals surface area (Å²) in [5.74, 6) is 0.369. The summed E-state index contributed by atoms with van der Waals surface area (Å²) in [6.07, 6.45) is 3.45. The predicted octanol–water partition coefficient (Wildman–Crippen LogP) is 2.51. The molecule has 0 saturated carbocycles. The van der Waals surface area contributed by atoms with Gasteiger partial charge >= 0.3 is 0 Å². The quantitative estimate of drug-likeness (QED) is 0.857. The fourth-order valence-corrected chi connectivity index (χ4v) is 4.23. The SMILES string of the molecule is CC(C)c1[nH]nc(C(=O)N2CCC3(CCNC3)CC2)c1Br. The molecule has 5 nitrogen and oxygen atoms in total. The Balaban J connectivity index is 1.69. The van der Waals surface area contributed by atoms with E-state index in [0.717, 1.165) is 49.2 Å². The Morgan fingerprint density at radius 2 is 2.05 bits per heavy atom. The molecule has 1 amide bonds. The van der Waals surface area contributed by atoms with Gasteiger partial charge in [-0.3, -0.25) is 9.89 Å². The number of amides is 1. The average Bonchev–Trinajstić information content (AvgIpc) is 3.06. The first-order chi connectivity index (χ1) is 10.0. The van der Waals surface area contributed by atoms with E-state index in [4.69, 9.17) is 0 Å². The van der Waals surface area contributed by atoms with Crippen LogP contribution in [-0.2, 0) is 0 Å². The van der Waals surface area contributed by atoms with Crippen molar-refractivity contribution in [3.8, 4) is 0 Å². The van der Waals surface area contributed by atoms with E-state index in [-0.39, 0.29) is 5.91 Å². The number of hydrogen-bond acceptors (Lipinski definition) is 3. The smallest absolute Gasteiger partial charge is 0.275 e. The number of nitrogens with one attached hydrogen (secondary N) is 2. The maximum Gasteiger partial charge on any atom is 0.275 e. The largest absolute Gasteiger partial charge is 0.337 e. The van der Waals surface area contributed by atoms with Gasteiger partial charge in [-0.1, -0.05) is 13.8 Å². The van der Waals surface area contributed by atoms with Gasteiger partial charge in [0.15, 0.2) is 5.69 Å². The monoisotopic (exact) mass is 354 g/mol. The summed E-state index contributed by atoms with van der Waals surface area (Å²) in [5, 5.41) is 10.7. The molecule has 1 aromatic rings. The van der Waals surface area contributed by atoms with Crippen LogP contribution in [0.15, 0.2) is 4.47 Å². The fourth-order valence-electron chi connectivity index (χ4n) is 3.42. The molecular formula is C15H23BrN4O. The van der Waals surface area contributed by atoms with Crippen molar-refractivity contribution in [1.29, 1.82) is 0 Å². The van der Waals surface area contributed by atoms with E-state index in [9.17, 15) is 4.79 Å². The van der Waals surface area contributed by atoms with Crippen molar-refractivity contribution in [2.24, 2.45) is 5.41 Å². The minimum atomic E-state index is 0.0471. The van der Waals surface area contributed by atoms with E-state index in [1.54, 1.807) is 0 Å². The summed E-state index contributed by atoms with van der Waals surface area (Å²) in [4.78, 5) is 14.6. The lowest BCUT2D eigenvalue weighted by atomic mass is 9.78. The Morgan fingerprint density at radius 1 is 1.33 bits per heavy atom. The minimum absolute atomic E-state index is 0.0471. The van der Waals surface area contributed by atoms with E-state index >= 15 is 0 Å². The number of piperidine rings is 1. The third-order valence-corrected chi connectivity index (χ3v) is 5.76. The van der Waals surface area contributed by atoms with Crippen molar-refractivity contribution >= 4 is 21.8 Å². The Labute approximate surface area is 134 Å². The predicted molar refractivity (Wildman–Crippen MR) is 85.4 cm³/mol. The molecule has 0 atom stereocenters. The summed E-state index contributed by atoms with van der Waals surface area (Å²) >= 11 is 3.53.